The summed E-state index contributed by atoms with van der Waals surface area (Å²) in [5.41, 5.74) is 2.15. The van der Waals surface area contributed by atoms with Gasteiger partial charge in [-0.25, -0.2) is 0 Å². The van der Waals surface area contributed by atoms with Crippen molar-refractivity contribution >= 4 is 12.2 Å². The van der Waals surface area contributed by atoms with E-state index in [1.807, 2.05) is 0 Å². The van der Waals surface area contributed by atoms with Gasteiger partial charge >= 0.3 is 0 Å². The number of hydrogen-bond acceptors (Lipinski definition) is 7. The van der Waals surface area contributed by atoms with Crippen molar-refractivity contribution in [3.05, 3.63) is 27.5 Å². The van der Waals surface area contributed by atoms with Crippen LogP contribution in [-0.2, 0) is 17.6 Å². The Morgan fingerprint density at radius 1 is 1.21 bits per heavy atom. The van der Waals surface area contributed by atoms with Gasteiger partial charge in [0, 0.05) is 5.69 Å². The summed E-state index contributed by atoms with van der Waals surface area (Å²) >= 11 is 5.40. The number of aryl methyl sites for hydroxylation is 1. The first-order valence-electron chi connectivity index (χ1n) is 7.97. The average Bonchev–Trinajstić information content (AvgIpc) is 2.60. The van der Waals surface area contributed by atoms with Crippen molar-refractivity contribution in [2.24, 2.45) is 0 Å². The summed E-state index contributed by atoms with van der Waals surface area (Å²) in [5, 5.41) is 49.1. The molecule has 4 N–H and O–H groups in total. The smallest absolute Gasteiger partial charge is 0.164 e. The lowest BCUT2D eigenvalue weighted by Gasteiger charge is -2.42. The molecular weight excluding hydrogens is 332 g/mol. The Hall–Kier alpha value is -1.34. The van der Waals surface area contributed by atoms with Crippen molar-refractivity contribution in [2.45, 2.75) is 56.3 Å². The second-order valence-electron chi connectivity index (χ2n) is 6.24. The summed E-state index contributed by atoms with van der Waals surface area (Å²) in [5.74, 6) is 0. The van der Waals surface area contributed by atoms with Gasteiger partial charge in [-0.2, -0.15) is 5.26 Å². The molecule has 130 valence electrons. The number of hydrogen-bond donors (Lipinski definition) is 4. The van der Waals surface area contributed by atoms with Gasteiger partial charge in [0.2, 0.25) is 0 Å². The molecule has 7 nitrogen and oxygen atoms in total. The Morgan fingerprint density at radius 2 is 1.92 bits per heavy atom. The molecule has 0 saturated carbocycles. The van der Waals surface area contributed by atoms with E-state index in [1.54, 1.807) is 10.6 Å². The number of pyridine rings is 1. The fraction of sp³-hybridized carbons (Fsp3) is 0.625. The Labute approximate surface area is 144 Å². The molecular formula is C16H20N2O5S. The summed E-state index contributed by atoms with van der Waals surface area (Å²) in [6.07, 6.45) is -2.92. The van der Waals surface area contributed by atoms with E-state index in [1.165, 1.54) is 0 Å². The van der Waals surface area contributed by atoms with Crippen LogP contribution in [0.4, 0.5) is 0 Å². The predicted octanol–water partition coefficient (Wildman–Crippen LogP) is -0.0595. The average molecular weight is 352 g/mol. The second kappa shape index (κ2) is 6.88. The van der Waals surface area contributed by atoms with Crippen LogP contribution >= 0.6 is 12.2 Å². The molecule has 24 heavy (non-hydrogen) atoms. The number of aliphatic hydroxyl groups excluding tert-OH is 4. The standard InChI is InChI=1S/C16H20N2O5S/c17-6-9-5-8-3-1-2-4-10(8)18(16(9)24)15-14(22)13(21)12(20)11(7-19)23-15/h5,11-15,19-22H,1-4,7H2/t11-,12+,13+,14+,15+/m0/s1. The van der Waals surface area contributed by atoms with Gasteiger partial charge in [0.15, 0.2) is 6.23 Å². The summed E-state index contributed by atoms with van der Waals surface area (Å²) in [4.78, 5) is 0. The number of rotatable bonds is 2. The van der Waals surface area contributed by atoms with E-state index >= 15 is 0 Å². The van der Waals surface area contributed by atoms with Crippen LogP contribution in [0.15, 0.2) is 6.07 Å². The normalized spacial score (nSPS) is 32.9. The molecule has 0 aromatic carbocycles. The van der Waals surface area contributed by atoms with Crippen molar-refractivity contribution < 1.29 is 25.2 Å². The van der Waals surface area contributed by atoms with Gasteiger partial charge in [0.05, 0.1) is 12.2 Å². The summed E-state index contributed by atoms with van der Waals surface area (Å²) in [7, 11) is 0. The highest BCUT2D eigenvalue weighted by atomic mass is 32.1. The maximum absolute atomic E-state index is 10.4. The van der Waals surface area contributed by atoms with Gasteiger partial charge in [-0.05, 0) is 37.3 Å². The number of nitriles is 1. The molecule has 0 unspecified atom stereocenters. The molecule has 1 aromatic rings. The molecule has 2 heterocycles. The van der Waals surface area contributed by atoms with Crippen LogP contribution in [0.25, 0.3) is 0 Å². The van der Waals surface area contributed by atoms with Crippen LogP contribution in [0.1, 0.15) is 35.9 Å². The van der Waals surface area contributed by atoms with Crippen molar-refractivity contribution in [1.82, 2.24) is 4.57 Å². The van der Waals surface area contributed by atoms with Crippen LogP contribution in [0.5, 0.6) is 0 Å². The first-order chi connectivity index (χ1) is 11.5. The van der Waals surface area contributed by atoms with Gasteiger partial charge in [0.25, 0.3) is 0 Å². The molecule has 1 aliphatic heterocycles. The van der Waals surface area contributed by atoms with Crippen LogP contribution in [0.2, 0.25) is 0 Å². The molecule has 1 aromatic heterocycles. The number of aliphatic hydroxyl groups is 4. The van der Waals surface area contributed by atoms with Crippen molar-refractivity contribution in [1.29, 1.82) is 5.26 Å². The van der Waals surface area contributed by atoms with Crippen molar-refractivity contribution in [3.8, 4) is 6.07 Å². The Morgan fingerprint density at radius 3 is 2.58 bits per heavy atom. The van der Waals surface area contributed by atoms with Gasteiger partial charge in [0.1, 0.15) is 35.1 Å². The Kier molecular flexibility index (Phi) is 5.01. The summed E-state index contributed by atoms with van der Waals surface area (Å²) < 4.78 is 7.44. The fourth-order valence-electron chi connectivity index (χ4n) is 3.48. The molecule has 1 aliphatic carbocycles. The van der Waals surface area contributed by atoms with E-state index in [2.05, 4.69) is 6.07 Å². The molecule has 3 rings (SSSR count). The first kappa shape index (κ1) is 17.5. The highest BCUT2D eigenvalue weighted by Crippen LogP contribution is 2.33. The minimum Gasteiger partial charge on any atom is -0.394 e. The zero-order chi connectivity index (χ0) is 17.4. The predicted molar refractivity (Wildman–Crippen MR) is 85.6 cm³/mol. The third-order valence-electron chi connectivity index (χ3n) is 4.78. The lowest BCUT2D eigenvalue weighted by atomic mass is 9.93. The van der Waals surface area contributed by atoms with Gasteiger partial charge in [-0.3, -0.25) is 0 Å². The van der Waals surface area contributed by atoms with E-state index < -0.39 is 37.3 Å². The number of aromatic nitrogens is 1. The zero-order valence-electron chi connectivity index (χ0n) is 13.0. The lowest BCUT2D eigenvalue weighted by molar-refractivity contribution is -0.252. The van der Waals surface area contributed by atoms with E-state index in [0.717, 1.165) is 36.9 Å². The van der Waals surface area contributed by atoms with Gasteiger partial charge in [-0.15, -0.1) is 0 Å². The molecule has 1 fully saturated rings. The monoisotopic (exact) mass is 352 g/mol. The molecule has 1 saturated heterocycles. The molecule has 0 bridgehead atoms. The van der Waals surface area contributed by atoms with Gasteiger partial charge < -0.3 is 29.7 Å². The summed E-state index contributed by atoms with van der Waals surface area (Å²) in [6, 6.07) is 3.84. The maximum atomic E-state index is 10.4. The molecule has 2 aliphatic rings. The fourth-order valence-corrected chi connectivity index (χ4v) is 3.79. The maximum Gasteiger partial charge on any atom is 0.164 e. The van der Waals surface area contributed by atoms with Crippen LogP contribution in [0.3, 0.4) is 0 Å². The third-order valence-corrected chi connectivity index (χ3v) is 5.20. The van der Waals surface area contributed by atoms with Crippen LogP contribution in [-0.4, -0.2) is 56.0 Å². The van der Waals surface area contributed by atoms with Crippen LogP contribution < -0.4 is 0 Å². The lowest BCUT2D eigenvalue weighted by Crippen LogP contribution is -2.56. The van der Waals surface area contributed by atoms with E-state index in [9.17, 15) is 25.7 Å². The minimum absolute atomic E-state index is 0.225. The summed E-state index contributed by atoms with van der Waals surface area (Å²) in [6.45, 7) is -0.505. The second-order valence-corrected chi connectivity index (χ2v) is 6.63. The quantitative estimate of drug-likeness (QED) is 0.551. The van der Waals surface area contributed by atoms with E-state index in [4.69, 9.17) is 17.0 Å². The largest absolute Gasteiger partial charge is 0.394 e. The number of fused-ring (bicyclic) bond motifs is 1. The molecule has 0 spiro atoms. The van der Waals surface area contributed by atoms with Gasteiger partial charge in [-0.1, -0.05) is 12.2 Å². The number of nitrogens with zero attached hydrogens (tertiary/aromatic N) is 2. The highest BCUT2D eigenvalue weighted by molar-refractivity contribution is 7.71. The SMILES string of the molecule is N#Cc1cc2c(n([C@@H]3O[C@@H](CO)[C@@H](O)[C@@H](O)[C@H]3O)c1=S)CCCC2. The zero-order valence-corrected chi connectivity index (χ0v) is 13.8. The van der Waals surface area contributed by atoms with Crippen molar-refractivity contribution in [2.75, 3.05) is 6.61 Å². The topological polar surface area (TPSA) is 119 Å². The van der Waals surface area contributed by atoms with E-state index in [-0.39, 0.29) is 4.64 Å². The Balaban J connectivity index is 2.14. The highest BCUT2D eigenvalue weighted by Gasteiger charge is 2.45. The van der Waals surface area contributed by atoms with Crippen LogP contribution in [0, 0.1) is 16.0 Å². The van der Waals surface area contributed by atoms with E-state index in [0.29, 0.717) is 5.56 Å². The first-order valence-corrected chi connectivity index (χ1v) is 8.38. The molecule has 5 atom stereocenters. The Bertz CT molecular complexity index is 726. The molecule has 8 heteroatoms. The third kappa shape index (κ3) is 2.77. The minimum atomic E-state index is -1.48. The molecule has 0 radical (unpaired) electrons. The van der Waals surface area contributed by atoms with Crippen molar-refractivity contribution in [3.63, 3.8) is 0 Å². The molecule has 0 amide bonds. The number of ether oxygens (including phenoxy) is 1.